The lowest BCUT2D eigenvalue weighted by atomic mass is 10.1. The van der Waals surface area contributed by atoms with Crippen molar-refractivity contribution in [2.75, 3.05) is 13.1 Å². The summed E-state index contributed by atoms with van der Waals surface area (Å²) in [5.74, 6) is -0.352. The Balaban J connectivity index is 2.68. The first kappa shape index (κ1) is 15.0. The second-order valence-corrected chi connectivity index (χ2v) is 4.19. The van der Waals surface area contributed by atoms with Crippen LogP contribution in [0.5, 0.6) is 0 Å². The number of carbonyl (C=O) groups is 2. The predicted octanol–water partition coefficient (Wildman–Crippen LogP) is 2.13. The van der Waals surface area contributed by atoms with Crippen LogP contribution >= 0.6 is 0 Å². The van der Waals surface area contributed by atoms with Crippen LogP contribution in [-0.4, -0.2) is 24.9 Å². The van der Waals surface area contributed by atoms with Crippen LogP contribution in [0.15, 0.2) is 36.9 Å². The Morgan fingerprint density at radius 1 is 1.21 bits per heavy atom. The zero-order valence-electron chi connectivity index (χ0n) is 11.2. The van der Waals surface area contributed by atoms with Crippen LogP contribution in [0.2, 0.25) is 0 Å². The number of rotatable bonds is 7. The third kappa shape index (κ3) is 4.95. The Bertz CT molecular complexity index is 455. The summed E-state index contributed by atoms with van der Waals surface area (Å²) in [7, 11) is 0. The summed E-state index contributed by atoms with van der Waals surface area (Å²) in [6, 6.07) is 6.68. The number of hydrogen-bond donors (Lipinski definition) is 2. The molecule has 19 heavy (non-hydrogen) atoms. The molecule has 0 aromatic heterocycles. The summed E-state index contributed by atoms with van der Waals surface area (Å²) >= 11 is 0. The maximum Gasteiger partial charge on any atom is 0.251 e. The minimum absolute atomic E-state index is 0.146. The molecule has 0 aliphatic carbocycles. The van der Waals surface area contributed by atoms with Crippen molar-refractivity contribution in [2.45, 2.75) is 19.8 Å². The summed E-state index contributed by atoms with van der Waals surface area (Å²) in [6.45, 7) is 6.66. The smallest absolute Gasteiger partial charge is 0.251 e. The third-order valence-corrected chi connectivity index (χ3v) is 2.61. The lowest BCUT2D eigenvalue weighted by Crippen LogP contribution is -2.26. The number of nitrogens with one attached hydrogen (secondary N) is 2. The molecule has 0 unspecified atom stereocenters. The maximum absolute atomic E-state index is 11.8. The quantitative estimate of drug-likeness (QED) is 0.583. The minimum atomic E-state index is -0.205. The maximum atomic E-state index is 11.8. The first-order valence-corrected chi connectivity index (χ1v) is 6.46. The van der Waals surface area contributed by atoms with Gasteiger partial charge in [0.1, 0.15) is 0 Å². The Labute approximate surface area is 113 Å². The van der Waals surface area contributed by atoms with Crippen molar-refractivity contribution in [1.82, 2.24) is 10.6 Å². The van der Waals surface area contributed by atoms with Gasteiger partial charge in [-0.2, -0.15) is 0 Å². The summed E-state index contributed by atoms with van der Waals surface area (Å²) in [5, 5.41) is 5.50. The van der Waals surface area contributed by atoms with Gasteiger partial charge in [0, 0.05) is 24.2 Å². The molecule has 1 rings (SSSR count). The highest BCUT2D eigenvalue weighted by Crippen LogP contribution is 2.05. The molecule has 0 heterocycles. The van der Waals surface area contributed by atoms with Gasteiger partial charge in [0.15, 0.2) is 0 Å². The van der Waals surface area contributed by atoms with E-state index in [1.807, 2.05) is 0 Å². The molecule has 0 radical (unpaired) electrons. The van der Waals surface area contributed by atoms with E-state index in [0.29, 0.717) is 24.2 Å². The molecule has 0 aliphatic rings. The zero-order valence-corrected chi connectivity index (χ0v) is 11.2. The second kappa shape index (κ2) is 8.08. The van der Waals surface area contributed by atoms with Crippen LogP contribution < -0.4 is 10.6 Å². The number of amides is 2. The second-order valence-electron chi connectivity index (χ2n) is 4.19. The van der Waals surface area contributed by atoms with Gasteiger partial charge in [0.2, 0.25) is 0 Å². The molecule has 4 heteroatoms. The van der Waals surface area contributed by atoms with Crippen molar-refractivity contribution in [3.8, 4) is 0 Å². The summed E-state index contributed by atoms with van der Waals surface area (Å²) < 4.78 is 0. The molecular weight excluding hydrogens is 240 g/mol. The predicted molar refractivity (Wildman–Crippen MR) is 76.2 cm³/mol. The SMILES string of the molecule is C=CCNC(=O)c1cccc(C(=O)NCCCC)c1. The van der Waals surface area contributed by atoms with Gasteiger partial charge in [0.25, 0.3) is 11.8 Å². The summed E-state index contributed by atoms with van der Waals surface area (Å²) in [6.07, 6.45) is 3.59. The normalized spacial score (nSPS) is 9.74. The third-order valence-electron chi connectivity index (χ3n) is 2.61. The van der Waals surface area contributed by atoms with E-state index in [-0.39, 0.29) is 11.8 Å². The van der Waals surface area contributed by atoms with E-state index >= 15 is 0 Å². The fraction of sp³-hybridized carbons (Fsp3) is 0.333. The molecule has 102 valence electrons. The minimum Gasteiger partial charge on any atom is -0.352 e. The highest BCUT2D eigenvalue weighted by Gasteiger charge is 2.09. The first-order valence-electron chi connectivity index (χ1n) is 6.46. The molecule has 4 nitrogen and oxygen atoms in total. The van der Waals surface area contributed by atoms with Crippen molar-refractivity contribution in [1.29, 1.82) is 0 Å². The van der Waals surface area contributed by atoms with E-state index in [1.165, 1.54) is 0 Å². The van der Waals surface area contributed by atoms with E-state index in [0.717, 1.165) is 12.8 Å². The van der Waals surface area contributed by atoms with Gasteiger partial charge in [-0.05, 0) is 24.6 Å². The number of benzene rings is 1. The Kier molecular flexibility index (Phi) is 6.36. The van der Waals surface area contributed by atoms with Gasteiger partial charge < -0.3 is 10.6 Å². The van der Waals surface area contributed by atoms with Crippen LogP contribution in [0, 0.1) is 0 Å². The topological polar surface area (TPSA) is 58.2 Å². The fourth-order valence-electron chi connectivity index (χ4n) is 1.55. The molecule has 1 aromatic rings. The van der Waals surface area contributed by atoms with Crippen molar-refractivity contribution in [3.63, 3.8) is 0 Å². The highest BCUT2D eigenvalue weighted by molar-refractivity contribution is 5.99. The molecule has 0 saturated carbocycles. The van der Waals surface area contributed by atoms with Crippen molar-refractivity contribution < 1.29 is 9.59 Å². The van der Waals surface area contributed by atoms with Crippen LogP contribution in [0.4, 0.5) is 0 Å². The molecular formula is C15H20N2O2. The van der Waals surface area contributed by atoms with Gasteiger partial charge in [0.05, 0.1) is 0 Å². The molecule has 2 N–H and O–H groups in total. The lowest BCUT2D eigenvalue weighted by molar-refractivity contribution is 0.0953. The molecule has 2 amide bonds. The van der Waals surface area contributed by atoms with E-state index in [2.05, 4.69) is 24.1 Å². The molecule has 0 bridgehead atoms. The van der Waals surface area contributed by atoms with Gasteiger partial charge in [-0.1, -0.05) is 25.5 Å². The Morgan fingerprint density at radius 3 is 2.42 bits per heavy atom. The van der Waals surface area contributed by atoms with E-state index in [9.17, 15) is 9.59 Å². The molecule has 0 saturated heterocycles. The van der Waals surface area contributed by atoms with Crippen molar-refractivity contribution >= 4 is 11.8 Å². The largest absolute Gasteiger partial charge is 0.352 e. The van der Waals surface area contributed by atoms with E-state index in [4.69, 9.17) is 0 Å². The van der Waals surface area contributed by atoms with Crippen molar-refractivity contribution in [2.24, 2.45) is 0 Å². The molecule has 1 aromatic carbocycles. The monoisotopic (exact) mass is 260 g/mol. The van der Waals surface area contributed by atoms with Crippen LogP contribution in [0.3, 0.4) is 0 Å². The van der Waals surface area contributed by atoms with Gasteiger partial charge in [-0.25, -0.2) is 0 Å². The van der Waals surface area contributed by atoms with E-state index in [1.54, 1.807) is 30.3 Å². The van der Waals surface area contributed by atoms with Crippen LogP contribution in [0.1, 0.15) is 40.5 Å². The number of carbonyl (C=O) groups excluding carboxylic acids is 2. The van der Waals surface area contributed by atoms with E-state index < -0.39 is 0 Å². The Morgan fingerprint density at radius 2 is 1.84 bits per heavy atom. The van der Waals surface area contributed by atoms with Crippen molar-refractivity contribution in [3.05, 3.63) is 48.0 Å². The van der Waals surface area contributed by atoms with Crippen LogP contribution in [0.25, 0.3) is 0 Å². The summed E-state index contributed by atoms with van der Waals surface area (Å²) in [5.41, 5.74) is 0.979. The highest BCUT2D eigenvalue weighted by atomic mass is 16.2. The van der Waals surface area contributed by atoms with Gasteiger partial charge in [-0.15, -0.1) is 6.58 Å². The zero-order chi connectivity index (χ0) is 14.1. The van der Waals surface area contributed by atoms with Gasteiger partial charge >= 0.3 is 0 Å². The average molecular weight is 260 g/mol. The molecule has 0 aliphatic heterocycles. The molecule has 0 atom stereocenters. The average Bonchev–Trinajstić information content (AvgIpc) is 2.45. The fourth-order valence-corrected chi connectivity index (χ4v) is 1.55. The number of hydrogen-bond acceptors (Lipinski definition) is 2. The first-order chi connectivity index (χ1) is 9.19. The Hall–Kier alpha value is -2.10. The molecule has 0 fully saturated rings. The lowest BCUT2D eigenvalue weighted by Gasteiger charge is -2.06. The number of unbranched alkanes of at least 4 members (excludes halogenated alkanes) is 1. The molecule has 0 spiro atoms. The standard InChI is InChI=1S/C15H20N2O2/c1-3-5-10-17-15(19)13-8-6-7-12(11-13)14(18)16-9-4-2/h4,6-8,11H,2-3,5,9-10H2,1H3,(H,16,18)(H,17,19). The van der Waals surface area contributed by atoms with Crippen LogP contribution in [-0.2, 0) is 0 Å². The van der Waals surface area contributed by atoms with Gasteiger partial charge in [-0.3, -0.25) is 9.59 Å². The summed E-state index contributed by atoms with van der Waals surface area (Å²) in [4.78, 5) is 23.6.